The first-order valence-electron chi connectivity index (χ1n) is 9.52. The summed E-state index contributed by atoms with van der Waals surface area (Å²) in [5.74, 6) is 1.30. The molecule has 1 aliphatic rings. The van der Waals surface area contributed by atoms with Crippen LogP contribution in [0, 0.1) is 0 Å². The Hall–Kier alpha value is -1.92. The van der Waals surface area contributed by atoms with Gasteiger partial charge in [0.2, 0.25) is 5.95 Å². The van der Waals surface area contributed by atoms with Crippen LogP contribution in [0.15, 0.2) is 36.4 Å². The van der Waals surface area contributed by atoms with Gasteiger partial charge in [-0.25, -0.2) is 4.98 Å². The number of halogens is 1. The van der Waals surface area contributed by atoms with Crippen molar-refractivity contribution in [2.24, 2.45) is 0 Å². The fourth-order valence-corrected chi connectivity index (χ4v) is 3.70. The van der Waals surface area contributed by atoms with Gasteiger partial charge in [0.25, 0.3) is 0 Å². The van der Waals surface area contributed by atoms with Gasteiger partial charge in [0.05, 0.1) is 0 Å². The molecule has 3 rings (SSSR count). The Bertz CT molecular complexity index is 755. The van der Waals surface area contributed by atoms with Crippen LogP contribution >= 0.6 is 23.8 Å². The molecule has 0 spiro atoms. The molecule has 0 unspecified atom stereocenters. The van der Waals surface area contributed by atoms with Crippen molar-refractivity contribution in [2.45, 2.75) is 45.1 Å². The molecule has 1 fully saturated rings. The Labute approximate surface area is 171 Å². The number of hydrogen-bond acceptors (Lipinski definition) is 4. The molecule has 0 aliphatic carbocycles. The number of nitrogens with zero attached hydrogens (tertiary/aromatic N) is 3. The van der Waals surface area contributed by atoms with Crippen LogP contribution in [0.1, 0.15) is 38.2 Å². The van der Waals surface area contributed by atoms with Crippen LogP contribution < -0.4 is 15.5 Å². The van der Waals surface area contributed by atoms with Crippen LogP contribution in [0.25, 0.3) is 0 Å². The normalized spacial score (nSPS) is 16.8. The fraction of sp³-hybridized carbons (Fsp3) is 0.450. The number of anilines is 2. The van der Waals surface area contributed by atoms with Crippen molar-refractivity contribution >= 4 is 40.7 Å². The average molecular weight is 404 g/mol. The molecule has 1 aromatic carbocycles. The molecule has 2 heterocycles. The van der Waals surface area contributed by atoms with Gasteiger partial charge in [0, 0.05) is 25.2 Å². The second kappa shape index (κ2) is 9.85. The predicted octanol–water partition coefficient (Wildman–Crippen LogP) is 4.43. The predicted molar refractivity (Wildman–Crippen MR) is 117 cm³/mol. The first kappa shape index (κ1) is 19.8. The van der Waals surface area contributed by atoms with Crippen molar-refractivity contribution in [3.05, 3.63) is 47.1 Å². The number of hydrogen-bond donors (Lipinski definition) is 2. The smallest absolute Gasteiger partial charge is 0.232 e. The second-order valence-electron chi connectivity index (χ2n) is 6.88. The van der Waals surface area contributed by atoms with Gasteiger partial charge < -0.3 is 15.5 Å². The summed E-state index contributed by atoms with van der Waals surface area (Å²) < 4.78 is 0. The molecule has 27 heavy (non-hydrogen) atoms. The van der Waals surface area contributed by atoms with E-state index in [1.807, 2.05) is 12.1 Å². The monoisotopic (exact) mass is 403 g/mol. The van der Waals surface area contributed by atoms with Crippen molar-refractivity contribution in [2.75, 3.05) is 23.3 Å². The lowest BCUT2D eigenvalue weighted by molar-refractivity contribution is 0.481. The summed E-state index contributed by atoms with van der Waals surface area (Å²) in [7, 11) is 0. The average Bonchev–Trinajstić information content (AvgIpc) is 2.66. The van der Waals surface area contributed by atoms with Crippen LogP contribution in [-0.2, 0) is 6.42 Å². The highest BCUT2D eigenvalue weighted by Crippen LogP contribution is 2.25. The van der Waals surface area contributed by atoms with E-state index < -0.39 is 0 Å². The van der Waals surface area contributed by atoms with Crippen LogP contribution in [-0.4, -0.2) is 34.2 Å². The van der Waals surface area contributed by atoms with E-state index in [4.69, 9.17) is 23.8 Å². The van der Waals surface area contributed by atoms with Crippen molar-refractivity contribution in [3.8, 4) is 0 Å². The highest BCUT2D eigenvalue weighted by atomic mass is 35.5. The lowest BCUT2D eigenvalue weighted by Crippen LogP contribution is -2.38. The van der Waals surface area contributed by atoms with E-state index in [1.165, 1.54) is 24.8 Å². The minimum absolute atomic E-state index is 0.423. The molecule has 1 atom stereocenters. The van der Waals surface area contributed by atoms with Gasteiger partial charge in [-0.05, 0) is 56.8 Å². The van der Waals surface area contributed by atoms with Gasteiger partial charge in [0.1, 0.15) is 11.0 Å². The Balaban J connectivity index is 1.51. The molecular weight excluding hydrogens is 378 g/mol. The van der Waals surface area contributed by atoms with E-state index in [0.29, 0.717) is 22.3 Å². The third-order valence-electron chi connectivity index (χ3n) is 4.77. The Morgan fingerprint density at radius 1 is 1.26 bits per heavy atom. The zero-order chi connectivity index (χ0) is 19.1. The zero-order valence-electron chi connectivity index (χ0n) is 15.6. The Morgan fingerprint density at radius 3 is 2.85 bits per heavy atom. The quantitative estimate of drug-likeness (QED) is 0.423. The third-order valence-corrected chi connectivity index (χ3v) is 5.21. The molecule has 7 heteroatoms. The van der Waals surface area contributed by atoms with Gasteiger partial charge in [-0.15, -0.1) is 0 Å². The van der Waals surface area contributed by atoms with E-state index in [2.05, 4.69) is 56.7 Å². The van der Waals surface area contributed by atoms with Gasteiger partial charge in [0.15, 0.2) is 5.11 Å². The number of benzene rings is 1. The largest absolute Gasteiger partial charge is 0.362 e. The van der Waals surface area contributed by atoms with E-state index in [0.717, 1.165) is 31.7 Å². The lowest BCUT2D eigenvalue weighted by atomic mass is 10.0. The van der Waals surface area contributed by atoms with E-state index in [1.54, 1.807) is 0 Å². The first-order valence-corrected chi connectivity index (χ1v) is 10.3. The maximum Gasteiger partial charge on any atom is 0.232 e. The molecule has 0 bridgehead atoms. The van der Waals surface area contributed by atoms with Crippen molar-refractivity contribution in [1.29, 1.82) is 0 Å². The van der Waals surface area contributed by atoms with Crippen LogP contribution in [0.5, 0.6) is 0 Å². The molecule has 2 aromatic rings. The maximum absolute atomic E-state index is 6.21. The minimum Gasteiger partial charge on any atom is -0.362 e. The molecule has 1 aromatic heterocycles. The van der Waals surface area contributed by atoms with Crippen molar-refractivity contribution in [3.63, 3.8) is 0 Å². The molecule has 2 N–H and O–H groups in total. The summed E-state index contributed by atoms with van der Waals surface area (Å²) in [6, 6.07) is 12.7. The van der Waals surface area contributed by atoms with Crippen LogP contribution in [0.3, 0.4) is 0 Å². The molecule has 0 saturated carbocycles. The SMILES string of the molecule is C[C@H]1CCCCN1c1cc(Cl)nc(NC(=S)NCCCc2ccccc2)n1. The van der Waals surface area contributed by atoms with Crippen molar-refractivity contribution < 1.29 is 0 Å². The van der Waals surface area contributed by atoms with Crippen LogP contribution in [0.2, 0.25) is 5.15 Å². The summed E-state index contributed by atoms with van der Waals surface area (Å²) in [5, 5.41) is 7.21. The lowest BCUT2D eigenvalue weighted by Gasteiger charge is -2.34. The highest BCUT2D eigenvalue weighted by molar-refractivity contribution is 7.80. The number of aromatic nitrogens is 2. The van der Waals surface area contributed by atoms with Crippen molar-refractivity contribution in [1.82, 2.24) is 15.3 Å². The Kier molecular flexibility index (Phi) is 7.24. The van der Waals surface area contributed by atoms with Gasteiger partial charge in [-0.3, -0.25) is 0 Å². The topological polar surface area (TPSA) is 53.1 Å². The zero-order valence-corrected chi connectivity index (χ0v) is 17.2. The summed E-state index contributed by atoms with van der Waals surface area (Å²) in [6.07, 6.45) is 5.63. The fourth-order valence-electron chi connectivity index (χ4n) is 3.33. The van der Waals surface area contributed by atoms with E-state index in [-0.39, 0.29) is 0 Å². The van der Waals surface area contributed by atoms with Crippen LogP contribution in [0.4, 0.5) is 11.8 Å². The molecule has 5 nitrogen and oxygen atoms in total. The molecule has 1 saturated heterocycles. The number of piperidine rings is 1. The summed E-state index contributed by atoms with van der Waals surface area (Å²) in [4.78, 5) is 11.2. The number of nitrogens with one attached hydrogen (secondary N) is 2. The third kappa shape index (κ3) is 6.04. The summed E-state index contributed by atoms with van der Waals surface area (Å²) >= 11 is 11.6. The minimum atomic E-state index is 0.423. The molecule has 1 aliphatic heterocycles. The van der Waals surface area contributed by atoms with E-state index >= 15 is 0 Å². The number of rotatable bonds is 6. The van der Waals surface area contributed by atoms with Gasteiger partial charge in [-0.1, -0.05) is 41.9 Å². The number of thiocarbonyl (C=S) groups is 1. The van der Waals surface area contributed by atoms with Gasteiger partial charge >= 0.3 is 0 Å². The molecule has 0 radical (unpaired) electrons. The second-order valence-corrected chi connectivity index (χ2v) is 7.68. The Morgan fingerprint density at radius 2 is 2.07 bits per heavy atom. The highest BCUT2D eigenvalue weighted by Gasteiger charge is 2.20. The van der Waals surface area contributed by atoms with Gasteiger partial charge in [-0.2, -0.15) is 4.98 Å². The molecule has 0 amide bonds. The summed E-state index contributed by atoms with van der Waals surface area (Å²) in [5.41, 5.74) is 1.33. The number of aryl methyl sites for hydroxylation is 1. The standard InChI is InChI=1S/C20H26ClN5S/c1-15-8-5-6-13-26(15)18-14-17(21)23-19(24-18)25-20(27)22-12-7-11-16-9-3-2-4-10-16/h2-4,9-10,14-15H,5-8,11-13H2,1H3,(H2,22,23,24,25,27)/t15-/m0/s1. The maximum atomic E-state index is 6.21. The molecule has 144 valence electrons. The summed E-state index contributed by atoms with van der Waals surface area (Å²) in [6.45, 7) is 4.01. The molecular formula is C20H26ClN5S. The first-order chi connectivity index (χ1) is 13.1. The van der Waals surface area contributed by atoms with E-state index in [9.17, 15) is 0 Å².